The van der Waals surface area contributed by atoms with Crippen LogP contribution in [0.1, 0.15) is 10.4 Å². The lowest BCUT2D eigenvalue weighted by Crippen LogP contribution is -2.18. The lowest BCUT2D eigenvalue weighted by atomic mass is 10.2. The minimum absolute atomic E-state index is 0.0661. The zero-order chi connectivity index (χ0) is 20.3. The molecule has 11 heteroatoms. The van der Waals surface area contributed by atoms with Crippen molar-refractivity contribution < 1.29 is 32.2 Å². The van der Waals surface area contributed by atoms with Crippen LogP contribution in [0.3, 0.4) is 0 Å². The van der Waals surface area contributed by atoms with Gasteiger partial charge in [0, 0.05) is 22.9 Å². The summed E-state index contributed by atoms with van der Waals surface area (Å²) in [4.78, 5) is 15.3. The average molecular weight is 430 g/mol. The van der Waals surface area contributed by atoms with Gasteiger partial charge in [-0.2, -0.15) is 0 Å². The third-order valence-electron chi connectivity index (χ3n) is 3.29. The largest absolute Gasteiger partial charge is 0.573 e. The van der Waals surface area contributed by atoms with Crippen LogP contribution in [0.25, 0.3) is 10.6 Å². The number of anilines is 1. The molecule has 5 nitrogen and oxygen atoms in total. The van der Waals surface area contributed by atoms with Gasteiger partial charge in [-0.1, -0.05) is 0 Å². The highest BCUT2D eigenvalue weighted by molar-refractivity contribution is 8.00. The summed E-state index contributed by atoms with van der Waals surface area (Å²) in [5.41, 5.74) is 0.288. The summed E-state index contributed by atoms with van der Waals surface area (Å²) in [5.74, 6) is -2.43. The van der Waals surface area contributed by atoms with Crippen molar-refractivity contribution in [1.82, 2.24) is 4.98 Å². The lowest BCUT2D eigenvalue weighted by Gasteiger charge is -2.14. The van der Waals surface area contributed by atoms with Crippen molar-refractivity contribution in [2.24, 2.45) is 0 Å². The molecule has 0 spiro atoms. The minimum Gasteiger partial charge on any atom is -0.478 e. The summed E-state index contributed by atoms with van der Waals surface area (Å²) in [6.07, 6.45) is -4.98. The fourth-order valence-electron chi connectivity index (χ4n) is 2.09. The Labute approximate surface area is 164 Å². The van der Waals surface area contributed by atoms with E-state index in [4.69, 9.17) is 5.11 Å². The number of thiazole rings is 1. The lowest BCUT2D eigenvalue weighted by molar-refractivity contribution is -0.274. The number of nitrogens with zero attached hydrogens (tertiary/aromatic N) is 1. The maximum Gasteiger partial charge on any atom is 0.573 e. The van der Waals surface area contributed by atoms with Crippen molar-refractivity contribution in [2.75, 3.05) is 4.72 Å². The molecule has 0 saturated heterocycles. The number of rotatable bonds is 6. The van der Waals surface area contributed by atoms with Gasteiger partial charge in [0.1, 0.15) is 15.9 Å². The van der Waals surface area contributed by atoms with Crippen LogP contribution >= 0.6 is 23.3 Å². The number of nitrogens with one attached hydrogen (secondary N) is 1. The van der Waals surface area contributed by atoms with E-state index in [1.54, 1.807) is 17.5 Å². The molecule has 0 aliphatic carbocycles. The zero-order valence-electron chi connectivity index (χ0n) is 13.7. The normalized spacial score (nSPS) is 11.3. The number of halogens is 4. The summed E-state index contributed by atoms with van der Waals surface area (Å²) in [5, 5.41) is 11.7. The van der Waals surface area contributed by atoms with Crippen molar-refractivity contribution in [3.63, 3.8) is 0 Å². The molecule has 0 atom stereocenters. The molecule has 1 heterocycles. The molecule has 3 rings (SSSR count). The molecular formula is C17H10F4N2O3S2. The standard InChI is InChI=1S/C17H10F4N2O3S2/c18-11-4-1-9(2-5-11)15-22-14(8-27-15)28-23-12-6-3-10(16(24)25)7-13(12)26-17(19,20)21/h1-8,23H,(H,24,25). The number of aromatic carboxylic acids is 1. The first-order valence-corrected chi connectivity index (χ1v) is 9.18. The second-order valence-electron chi connectivity index (χ2n) is 5.27. The summed E-state index contributed by atoms with van der Waals surface area (Å²) in [7, 11) is 0. The van der Waals surface area contributed by atoms with E-state index in [1.807, 2.05) is 0 Å². The molecule has 0 fully saturated rings. The molecule has 146 valence electrons. The molecule has 0 bridgehead atoms. The molecule has 3 aromatic rings. The molecule has 2 aromatic carbocycles. The second-order valence-corrected chi connectivity index (χ2v) is 6.95. The van der Waals surface area contributed by atoms with Gasteiger partial charge in [-0.25, -0.2) is 14.2 Å². The minimum atomic E-state index is -4.98. The molecule has 0 amide bonds. The van der Waals surface area contributed by atoms with E-state index in [2.05, 4.69) is 14.4 Å². The van der Waals surface area contributed by atoms with Gasteiger partial charge in [0.15, 0.2) is 5.75 Å². The number of alkyl halides is 3. The number of hydrogen-bond donors (Lipinski definition) is 2. The van der Waals surface area contributed by atoms with Gasteiger partial charge in [-0.05, 0) is 42.5 Å². The van der Waals surface area contributed by atoms with Crippen molar-refractivity contribution in [2.45, 2.75) is 11.4 Å². The third-order valence-corrected chi connectivity index (χ3v) is 5.07. The van der Waals surface area contributed by atoms with E-state index in [1.165, 1.54) is 29.5 Å². The van der Waals surface area contributed by atoms with Gasteiger partial charge < -0.3 is 14.6 Å². The maximum absolute atomic E-state index is 13.0. The Hall–Kier alpha value is -2.79. The van der Waals surface area contributed by atoms with E-state index >= 15 is 0 Å². The van der Waals surface area contributed by atoms with Crippen molar-refractivity contribution in [1.29, 1.82) is 0 Å². The molecule has 0 radical (unpaired) electrons. The van der Waals surface area contributed by atoms with Crippen LogP contribution in [0.4, 0.5) is 23.2 Å². The number of benzene rings is 2. The highest BCUT2D eigenvalue weighted by Crippen LogP contribution is 2.35. The Balaban J connectivity index is 1.77. The summed E-state index contributed by atoms with van der Waals surface area (Å²) >= 11 is 2.21. The maximum atomic E-state index is 13.0. The number of hydrogen-bond acceptors (Lipinski definition) is 6. The quantitative estimate of drug-likeness (QED) is 0.388. The van der Waals surface area contributed by atoms with Gasteiger partial charge >= 0.3 is 12.3 Å². The van der Waals surface area contributed by atoms with E-state index in [0.717, 1.165) is 24.1 Å². The van der Waals surface area contributed by atoms with Crippen LogP contribution in [0, 0.1) is 5.82 Å². The molecule has 0 unspecified atom stereocenters. The van der Waals surface area contributed by atoms with E-state index in [9.17, 15) is 22.4 Å². The Morgan fingerprint density at radius 2 is 1.89 bits per heavy atom. The van der Waals surface area contributed by atoms with Gasteiger partial charge in [0.05, 0.1) is 11.3 Å². The van der Waals surface area contributed by atoms with Crippen LogP contribution in [-0.2, 0) is 0 Å². The van der Waals surface area contributed by atoms with E-state index in [0.29, 0.717) is 15.6 Å². The molecule has 0 saturated carbocycles. The third kappa shape index (κ3) is 5.14. The van der Waals surface area contributed by atoms with Gasteiger partial charge in [-0.15, -0.1) is 24.5 Å². The molecule has 0 aliphatic heterocycles. The topological polar surface area (TPSA) is 71.5 Å². The molecular weight excluding hydrogens is 420 g/mol. The second kappa shape index (κ2) is 8.07. The number of carboxylic acids is 1. The fraction of sp³-hybridized carbons (Fsp3) is 0.0588. The van der Waals surface area contributed by atoms with Gasteiger partial charge in [0.25, 0.3) is 0 Å². The summed E-state index contributed by atoms with van der Waals surface area (Å²) in [6, 6.07) is 8.83. The monoisotopic (exact) mass is 430 g/mol. The first kappa shape index (κ1) is 20.0. The Morgan fingerprint density at radius 3 is 2.54 bits per heavy atom. The van der Waals surface area contributed by atoms with Crippen LogP contribution < -0.4 is 9.46 Å². The predicted molar refractivity (Wildman–Crippen MR) is 97.1 cm³/mol. The van der Waals surface area contributed by atoms with Crippen LogP contribution in [0.5, 0.6) is 5.75 Å². The van der Waals surface area contributed by atoms with Crippen LogP contribution in [0.2, 0.25) is 0 Å². The molecule has 1 aromatic heterocycles. The fourth-order valence-corrected chi connectivity index (χ4v) is 3.69. The van der Waals surface area contributed by atoms with Crippen molar-refractivity contribution in [3.8, 4) is 16.3 Å². The van der Waals surface area contributed by atoms with Crippen LogP contribution in [0.15, 0.2) is 52.9 Å². The van der Waals surface area contributed by atoms with E-state index in [-0.39, 0.29) is 17.1 Å². The number of aromatic nitrogens is 1. The van der Waals surface area contributed by atoms with Crippen molar-refractivity contribution in [3.05, 3.63) is 59.2 Å². The smallest absolute Gasteiger partial charge is 0.478 e. The average Bonchev–Trinajstić information content (AvgIpc) is 3.08. The number of carboxylic acid groups (broad SMARTS) is 1. The molecule has 2 N–H and O–H groups in total. The summed E-state index contributed by atoms with van der Waals surface area (Å²) < 4.78 is 57.4. The van der Waals surface area contributed by atoms with Crippen molar-refractivity contribution >= 4 is 34.9 Å². The first-order chi connectivity index (χ1) is 13.2. The van der Waals surface area contributed by atoms with E-state index < -0.39 is 18.1 Å². The predicted octanol–water partition coefficient (Wildman–Crippen LogP) is 5.67. The van der Waals surface area contributed by atoms with Gasteiger partial charge in [0.2, 0.25) is 0 Å². The number of ether oxygens (including phenoxy) is 1. The number of carbonyl (C=O) groups is 1. The van der Waals surface area contributed by atoms with Crippen LogP contribution in [-0.4, -0.2) is 22.4 Å². The highest BCUT2D eigenvalue weighted by atomic mass is 32.2. The molecule has 28 heavy (non-hydrogen) atoms. The van der Waals surface area contributed by atoms with Gasteiger partial charge in [-0.3, -0.25) is 0 Å². The zero-order valence-corrected chi connectivity index (χ0v) is 15.3. The summed E-state index contributed by atoms with van der Waals surface area (Å²) in [6.45, 7) is 0. The molecule has 0 aliphatic rings. The first-order valence-electron chi connectivity index (χ1n) is 7.49. The Morgan fingerprint density at radius 1 is 1.18 bits per heavy atom. The Bertz CT molecular complexity index is 991. The highest BCUT2D eigenvalue weighted by Gasteiger charge is 2.32. The SMILES string of the molecule is O=C(O)c1ccc(NSc2csc(-c3ccc(F)cc3)n2)c(OC(F)(F)F)c1. The Kier molecular flexibility index (Phi) is 5.75.